The molecule has 1 saturated heterocycles. The molecule has 2 nitrogen and oxygen atoms in total. The Balaban J connectivity index is 2.05. The van der Waals surface area contributed by atoms with Crippen LogP contribution in [0, 0.1) is 0 Å². The second-order valence-electron chi connectivity index (χ2n) is 4.41. The average Bonchev–Trinajstić information content (AvgIpc) is 2.83. The third-order valence-electron chi connectivity index (χ3n) is 3.31. The van der Waals surface area contributed by atoms with Gasteiger partial charge in [0.15, 0.2) is 5.78 Å². The first-order valence-electron chi connectivity index (χ1n) is 6.14. The van der Waals surface area contributed by atoms with E-state index in [4.69, 9.17) is 0 Å². The molecule has 0 spiro atoms. The van der Waals surface area contributed by atoms with Crippen molar-refractivity contribution in [2.75, 3.05) is 6.54 Å². The van der Waals surface area contributed by atoms with Gasteiger partial charge in [0.05, 0.1) is 6.04 Å². The predicted molar refractivity (Wildman–Crippen MR) is 65.6 cm³/mol. The van der Waals surface area contributed by atoms with E-state index in [9.17, 15) is 4.79 Å². The van der Waals surface area contributed by atoms with Crippen LogP contribution < -0.4 is 5.32 Å². The predicted octanol–water partition coefficient (Wildman–Crippen LogP) is 2.11. The number of hydrogen-bond donors (Lipinski definition) is 1. The number of carbonyl (C=O) groups excluding carboxylic acids is 1. The zero-order valence-electron chi connectivity index (χ0n) is 9.83. The summed E-state index contributed by atoms with van der Waals surface area (Å²) in [5, 5.41) is 3.26. The summed E-state index contributed by atoms with van der Waals surface area (Å²) < 4.78 is 0. The Labute approximate surface area is 97.1 Å². The molecule has 0 aromatic heterocycles. The summed E-state index contributed by atoms with van der Waals surface area (Å²) in [7, 11) is 0. The van der Waals surface area contributed by atoms with Gasteiger partial charge in [0.1, 0.15) is 0 Å². The lowest BCUT2D eigenvalue weighted by Gasteiger charge is -2.11. The smallest absolute Gasteiger partial charge is 0.154 e. The van der Waals surface area contributed by atoms with Crippen LogP contribution in [0.15, 0.2) is 24.3 Å². The van der Waals surface area contributed by atoms with Gasteiger partial charge in [-0.05, 0) is 36.9 Å². The second kappa shape index (κ2) is 5.26. The highest BCUT2D eigenvalue weighted by Crippen LogP contribution is 2.14. The molecule has 0 amide bonds. The van der Waals surface area contributed by atoms with Gasteiger partial charge < -0.3 is 5.32 Å². The molecular formula is C14H19NO. The summed E-state index contributed by atoms with van der Waals surface area (Å²) in [6.07, 6.45) is 3.72. The lowest BCUT2D eigenvalue weighted by molar-refractivity contribution is -0.120. The van der Waals surface area contributed by atoms with Crippen LogP contribution in [-0.2, 0) is 17.6 Å². The number of benzene rings is 1. The first-order valence-corrected chi connectivity index (χ1v) is 6.14. The van der Waals surface area contributed by atoms with Gasteiger partial charge in [0.2, 0.25) is 0 Å². The highest BCUT2D eigenvalue weighted by Gasteiger charge is 2.22. The molecule has 1 aliphatic heterocycles. The standard InChI is InChI=1S/C14H19NO/c1-2-11-6-3-4-7-12(11)10-14(16)13-8-5-9-15-13/h3-4,6-7,13,15H,2,5,8-10H2,1H3. The third kappa shape index (κ3) is 2.50. The van der Waals surface area contributed by atoms with E-state index in [0.717, 1.165) is 25.8 Å². The SMILES string of the molecule is CCc1ccccc1CC(=O)C1CCCN1. The van der Waals surface area contributed by atoms with Crippen LogP contribution in [-0.4, -0.2) is 18.4 Å². The minimum Gasteiger partial charge on any atom is -0.307 e. The number of hydrogen-bond acceptors (Lipinski definition) is 2. The van der Waals surface area contributed by atoms with Gasteiger partial charge >= 0.3 is 0 Å². The fraction of sp³-hybridized carbons (Fsp3) is 0.500. The van der Waals surface area contributed by atoms with E-state index in [1.165, 1.54) is 11.1 Å². The van der Waals surface area contributed by atoms with E-state index < -0.39 is 0 Å². The van der Waals surface area contributed by atoms with Crippen molar-refractivity contribution >= 4 is 5.78 Å². The number of nitrogens with one attached hydrogen (secondary N) is 1. The van der Waals surface area contributed by atoms with Crippen molar-refractivity contribution in [3.63, 3.8) is 0 Å². The van der Waals surface area contributed by atoms with Crippen LogP contribution in [0.5, 0.6) is 0 Å². The van der Waals surface area contributed by atoms with E-state index in [2.05, 4.69) is 24.4 Å². The molecule has 1 N–H and O–H groups in total. The van der Waals surface area contributed by atoms with Gasteiger partial charge in [0.25, 0.3) is 0 Å². The van der Waals surface area contributed by atoms with Crippen LogP contribution in [0.2, 0.25) is 0 Å². The molecule has 0 aliphatic carbocycles. The van der Waals surface area contributed by atoms with Crippen molar-refractivity contribution in [2.45, 2.75) is 38.6 Å². The number of Topliss-reactive ketones (excluding diaryl/α,β-unsaturated/α-hetero) is 1. The molecule has 1 fully saturated rings. The van der Waals surface area contributed by atoms with E-state index >= 15 is 0 Å². The van der Waals surface area contributed by atoms with Crippen molar-refractivity contribution in [3.8, 4) is 0 Å². The first kappa shape index (κ1) is 11.3. The summed E-state index contributed by atoms with van der Waals surface area (Å²) >= 11 is 0. The molecule has 86 valence electrons. The average molecular weight is 217 g/mol. The van der Waals surface area contributed by atoms with Crippen molar-refractivity contribution in [3.05, 3.63) is 35.4 Å². The van der Waals surface area contributed by atoms with Crippen molar-refractivity contribution < 1.29 is 4.79 Å². The number of carbonyl (C=O) groups is 1. The third-order valence-corrected chi connectivity index (χ3v) is 3.31. The van der Waals surface area contributed by atoms with E-state index in [1.807, 2.05) is 12.1 Å². The first-order chi connectivity index (χ1) is 7.81. The maximum absolute atomic E-state index is 12.0. The molecule has 1 heterocycles. The normalized spacial score (nSPS) is 19.9. The van der Waals surface area contributed by atoms with Crippen LogP contribution >= 0.6 is 0 Å². The Morgan fingerprint density at radius 3 is 2.75 bits per heavy atom. The van der Waals surface area contributed by atoms with Gasteiger partial charge in [-0.25, -0.2) is 0 Å². The Morgan fingerprint density at radius 2 is 2.12 bits per heavy atom. The van der Waals surface area contributed by atoms with Crippen LogP contribution in [0.25, 0.3) is 0 Å². The van der Waals surface area contributed by atoms with Gasteiger partial charge in [-0.2, -0.15) is 0 Å². The topological polar surface area (TPSA) is 29.1 Å². The molecule has 1 aliphatic rings. The van der Waals surface area contributed by atoms with Crippen molar-refractivity contribution in [2.24, 2.45) is 0 Å². The largest absolute Gasteiger partial charge is 0.307 e. The van der Waals surface area contributed by atoms with Crippen molar-refractivity contribution in [1.29, 1.82) is 0 Å². The van der Waals surface area contributed by atoms with Crippen LogP contribution in [0.4, 0.5) is 0 Å². The second-order valence-corrected chi connectivity index (χ2v) is 4.41. The zero-order chi connectivity index (χ0) is 11.4. The lowest BCUT2D eigenvalue weighted by atomic mass is 9.97. The summed E-state index contributed by atoms with van der Waals surface area (Å²) in [4.78, 5) is 12.0. The molecule has 1 aromatic rings. The van der Waals surface area contributed by atoms with Crippen molar-refractivity contribution in [1.82, 2.24) is 5.32 Å². The lowest BCUT2D eigenvalue weighted by Crippen LogP contribution is -2.32. The molecule has 1 aromatic carbocycles. The zero-order valence-corrected chi connectivity index (χ0v) is 9.83. The minimum absolute atomic E-state index is 0.102. The highest BCUT2D eigenvalue weighted by atomic mass is 16.1. The van der Waals surface area contributed by atoms with Gasteiger partial charge in [-0.15, -0.1) is 0 Å². The molecule has 0 saturated carbocycles. The maximum atomic E-state index is 12.0. The number of rotatable bonds is 4. The Kier molecular flexibility index (Phi) is 3.73. The fourth-order valence-corrected chi connectivity index (χ4v) is 2.35. The summed E-state index contributed by atoms with van der Waals surface area (Å²) in [6.45, 7) is 3.13. The van der Waals surface area contributed by atoms with Crippen LogP contribution in [0.1, 0.15) is 30.9 Å². The van der Waals surface area contributed by atoms with E-state index in [1.54, 1.807) is 0 Å². The molecule has 2 rings (SSSR count). The number of ketones is 1. The van der Waals surface area contributed by atoms with Crippen LogP contribution in [0.3, 0.4) is 0 Å². The summed E-state index contributed by atoms with van der Waals surface area (Å²) in [6, 6.07) is 8.35. The highest BCUT2D eigenvalue weighted by molar-refractivity contribution is 5.86. The quantitative estimate of drug-likeness (QED) is 0.837. The summed E-state index contributed by atoms with van der Waals surface area (Å²) in [5.41, 5.74) is 2.50. The maximum Gasteiger partial charge on any atom is 0.154 e. The fourth-order valence-electron chi connectivity index (χ4n) is 2.35. The Hall–Kier alpha value is -1.15. The molecule has 2 heteroatoms. The summed E-state index contributed by atoms with van der Waals surface area (Å²) in [5.74, 6) is 0.346. The van der Waals surface area contributed by atoms with Gasteiger partial charge in [-0.1, -0.05) is 31.2 Å². The molecule has 1 atom stereocenters. The Bertz CT molecular complexity index is 367. The van der Waals surface area contributed by atoms with Gasteiger partial charge in [-0.3, -0.25) is 4.79 Å². The molecule has 16 heavy (non-hydrogen) atoms. The number of aryl methyl sites for hydroxylation is 1. The molecular weight excluding hydrogens is 198 g/mol. The molecule has 0 radical (unpaired) electrons. The van der Waals surface area contributed by atoms with E-state index in [0.29, 0.717) is 12.2 Å². The van der Waals surface area contributed by atoms with Gasteiger partial charge in [0, 0.05) is 6.42 Å². The minimum atomic E-state index is 0.102. The Morgan fingerprint density at radius 1 is 1.38 bits per heavy atom. The monoisotopic (exact) mass is 217 g/mol. The van der Waals surface area contributed by atoms with E-state index in [-0.39, 0.29) is 6.04 Å². The molecule has 1 unspecified atom stereocenters. The molecule has 0 bridgehead atoms.